The topological polar surface area (TPSA) is 133 Å². The summed E-state index contributed by atoms with van der Waals surface area (Å²) in [6.45, 7) is 4.38. The molecule has 0 saturated carbocycles. The number of ether oxygens (including phenoxy) is 7. The minimum Gasteiger partial charge on any atom is -0.462 e. The zero-order valence-corrected chi connectivity index (χ0v) is 16.7. The molecule has 1 heterocycles. The summed E-state index contributed by atoms with van der Waals surface area (Å²) < 4.78 is 37.1. The van der Waals surface area contributed by atoms with Crippen molar-refractivity contribution < 1.29 is 52.3 Å². The maximum Gasteiger partial charge on any atom is 0.303 e. The Morgan fingerprint density at radius 3 is 1.79 bits per heavy atom. The van der Waals surface area contributed by atoms with Crippen LogP contribution in [-0.4, -0.2) is 81.5 Å². The summed E-state index contributed by atoms with van der Waals surface area (Å²) in [6, 6.07) is 0. The molecule has 0 aliphatic carbocycles. The van der Waals surface area contributed by atoms with Crippen molar-refractivity contribution in [3.8, 4) is 0 Å². The first kappa shape index (κ1) is 23.8. The summed E-state index contributed by atoms with van der Waals surface area (Å²) in [7, 11) is 2.61. The van der Waals surface area contributed by atoms with Crippen LogP contribution in [0.15, 0.2) is 0 Å². The summed E-state index contributed by atoms with van der Waals surface area (Å²) in [6.07, 6.45) is -6.63. The van der Waals surface area contributed by atoms with Gasteiger partial charge in [0, 0.05) is 41.9 Å². The van der Waals surface area contributed by atoms with Crippen LogP contribution < -0.4 is 0 Å². The molecular weight excluding hydrogens is 380 g/mol. The molecule has 1 unspecified atom stereocenters. The maximum absolute atomic E-state index is 11.6. The Hall–Kier alpha value is -2.24. The zero-order valence-electron chi connectivity index (χ0n) is 16.7. The van der Waals surface area contributed by atoms with E-state index < -0.39 is 60.7 Å². The second-order valence-corrected chi connectivity index (χ2v) is 6.00. The Balaban J connectivity index is 3.27. The normalized spacial score (nSPS) is 28.0. The predicted molar refractivity (Wildman–Crippen MR) is 89.8 cm³/mol. The van der Waals surface area contributed by atoms with Crippen molar-refractivity contribution in [3.05, 3.63) is 0 Å². The van der Waals surface area contributed by atoms with Crippen LogP contribution in [0.2, 0.25) is 0 Å². The van der Waals surface area contributed by atoms with Crippen LogP contribution in [-0.2, 0) is 52.3 Å². The second kappa shape index (κ2) is 10.9. The molecule has 0 aromatic carbocycles. The van der Waals surface area contributed by atoms with Crippen LogP contribution in [0.4, 0.5) is 0 Å². The lowest BCUT2D eigenvalue weighted by atomic mass is 9.94. The summed E-state index contributed by atoms with van der Waals surface area (Å²) in [5.41, 5.74) is 0. The summed E-state index contributed by atoms with van der Waals surface area (Å²) in [5.74, 6) is -2.57. The lowest BCUT2D eigenvalue weighted by molar-refractivity contribution is -0.314. The molecule has 0 aromatic rings. The lowest BCUT2D eigenvalue weighted by Crippen LogP contribution is -2.64. The van der Waals surface area contributed by atoms with Crippen LogP contribution in [0.25, 0.3) is 0 Å². The first-order valence-electron chi connectivity index (χ1n) is 8.46. The first-order chi connectivity index (χ1) is 13.1. The molecule has 1 aliphatic rings. The zero-order chi connectivity index (χ0) is 21.4. The molecule has 160 valence electrons. The number of rotatable bonds is 8. The average Bonchev–Trinajstić information content (AvgIpc) is 2.58. The van der Waals surface area contributed by atoms with Crippen molar-refractivity contribution in [2.45, 2.75) is 64.5 Å². The highest BCUT2D eigenvalue weighted by Gasteiger charge is 2.53. The molecule has 0 amide bonds. The number of carbonyl (C=O) groups excluding carboxylic acids is 4. The molecule has 28 heavy (non-hydrogen) atoms. The van der Waals surface area contributed by atoms with Gasteiger partial charge in [-0.05, 0) is 0 Å². The van der Waals surface area contributed by atoms with Gasteiger partial charge < -0.3 is 33.2 Å². The molecule has 0 aromatic heterocycles. The summed E-state index contributed by atoms with van der Waals surface area (Å²) in [4.78, 5) is 45.8. The second-order valence-electron chi connectivity index (χ2n) is 6.00. The average molecular weight is 406 g/mol. The van der Waals surface area contributed by atoms with Crippen molar-refractivity contribution in [2.75, 3.05) is 20.8 Å². The summed E-state index contributed by atoms with van der Waals surface area (Å²) in [5, 5.41) is 0. The van der Waals surface area contributed by atoms with Gasteiger partial charge in [0.1, 0.15) is 18.8 Å². The molecule has 0 N–H and O–H groups in total. The fourth-order valence-electron chi connectivity index (χ4n) is 2.84. The standard InChI is InChI=1S/C17H26O11/c1-8(18)24-7-12(25-9(2)19)13-14(22-5)15(26-10(3)20)16(27-11(4)21)17(23-6)28-13/h12-17H,7H2,1-6H3/t12-,13-,14-,15+,16-,17?/m1/s1. The Morgan fingerprint density at radius 2 is 1.36 bits per heavy atom. The van der Waals surface area contributed by atoms with Crippen molar-refractivity contribution in [3.63, 3.8) is 0 Å². The van der Waals surface area contributed by atoms with Crippen LogP contribution in [0, 0.1) is 0 Å². The quantitative estimate of drug-likeness (QED) is 0.389. The van der Waals surface area contributed by atoms with E-state index in [1.54, 1.807) is 0 Å². The fraction of sp³-hybridized carbons (Fsp3) is 0.765. The van der Waals surface area contributed by atoms with Gasteiger partial charge in [0.05, 0.1) is 0 Å². The molecule has 1 saturated heterocycles. The first-order valence-corrected chi connectivity index (χ1v) is 8.46. The third-order valence-corrected chi connectivity index (χ3v) is 3.77. The SMILES string of the molecule is COC1O[C@H]([C@@H](COC(C)=O)OC(C)=O)[C@@H](OC)[C@H](OC(C)=O)[C@H]1OC(C)=O. The Bertz CT molecular complexity index is 575. The van der Waals surface area contributed by atoms with E-state index in [1.807, 2.05) is 0 Å². The largest absolute Gasteiger partial charge is 0.462 e. The number of methoxy groups -OCH3 is 2. The smallest absolute Gasteiger partial charge is 0.303 e. The van der Waals surface area contributed by atoms with Crippen molar-refractivity contribution >= 4 is 23.9 Å². The molecule has 0 spiro atoms. The van der Waals surface area contributed by atoms with Gasteiger partial charge in [0.25, 0.3) is 0 Å². The summed E-state index contributed by atoms with van der Waals surface area (Å²) >= 11 is 0. The molecule has 0 bridgehead atoms. The minimum absolute atomic E-state index is 0.332. The Labute approximate surface area is 162 Å². The van der Waals surface area contributed by atoms with Gasteiger partial charge in [-0.25, -0.2) is 0 Å². The highest BCUT2D eigenvalue weighted by atomic mass is 16.7. The molecule has 6 atom stereocenters. The van der Waals surface area contributed by atoms with Crippen LogP contribution in [0.3, 0.4) is 0 Å². The molecule has 1 rings (SSSR count). The van der Waals surface area contributed by atoms with Gasteiger partial charge in [-0.15, -0.1) is 0 Å². The third kappa shape index (κ3) is 6.73. The van der Waals surface area contributed by atoms with Crippen molar-refractivity contribution in [1.82, 2.24) is 0 Å². The van der Waals surface area contributed by atoms with Gasteiger partial charge in [0.15, 0.2) is 24.6 Å². The van der Waals surface area contributed by atoms with Crippen molar-refractivity contribution in [1.29, 1.82) is 0 Å². The highest BCUT2D eigenvalue weighted by Crippen LogP contribution is 2.31. The van der Waals surface area contributed by atoms with E-state index in [0.717, 1.165) is 0 Å². The molecular formula is C17H26O11. The fourth-order valence-corrected chi connectivity index (χ4v) is 2.84. The lowest BCUT2D eigenvalue weighted by Gasteiger charge is -2.45. The molecule has 1 fully saturated rings. The van der Waals surface area contributed by atoms with Gasteiger partial charge in [-0.1, -0.05) is 0 Å². The number of hydrogen-bond acceptors (Lipinski definition) is 11. The predicted octanol–water partition coefficient (Wildman–Crippen LogP) is -0.269. The molecule has 11 heteroatoms. The number of hydrogen-bond donors (Lipinski definition) is 0. The highest BCUT2D eigenvalue weighted by molar-refractivity contribution is 5.68. The van der Waals surface area contributed by atoms with E-state index in [0.29, 0.717) is 0 Å². The third-order valence-electron chi connectivity index (χ3n) is 3.77. The van der Waals surface area contributed by atoms with E-state index in [1.165, 1.54) is 41.9 Å². The van der Waals surface area contributed by atoms with Gasteiger partial charge in [-0.2, -0.15) is 0 Å². The van der Waals surface area contributed by atoms with Gasteiger partial charge >= 0.3 is 23.9 Å². The minimum atomic E-state index is -1.17. The van der Waals surface area contributed by atoms with Crippen LogP contribution in [0.1, 0.15) is 27.7 Å². The maximum atomic E-state index is 11.6. The molecule has 11 nitrogen and oxygen atoms in total. The molecule has 0 radical (unpaired) electrons. The number of carbonyl (C=O) groups is 4. The molecule has 1 aliphatic heterocycles. The van der Waals surface area contributed by atoms with E-state index in [9.17, 15) is 19.2 Å². The van der Waals surface area contributed by atoms with E-state index in [-0.39, 0.29) is 6.61 Å². The van der Waals surface area contributed by atoms with Crippen molar-refractivity contribution in [2.24, 2.45) is 0 Å². The van der Waals surface area contributed by atoms with Crippen LogP contribution in [0.5, 0.6) is 0 Å². The van der Waals surface area contributed by atoms with Crippen LogP contribution >= 0.6 is 0 Å². The van der Waals surface area contributed by atoms with E-state index in [4.69, 9.17) is 33.2 Å². The monoisotopic (exact) mass is 406 g/mol. The van der Waals surface area contributed by atoms with E-state index >= 15 is 0 Å². The van der Waals surface area contributed by atoms with E-state index in [2.05, 4.69) is 0 Å². The Morgan fingerprint density at radius 1 is 0.786 bits per heavy atom. The van der Waals surface area contributed by atoms with Gasteiger partial charge in [0.2, 0.25) is 0 Å². The Kier molecular flexibility index (Phi) is 9.29. The number of esters is 4. The van der Waals surface area contributed by atoms with Gasteiger partial charge in [-0.3, -0.25) is 19.2 Å².